The Bertz CT molecular complexity index is 886. The first-order chi connectivity index (χ1) is 12.0. The van der Waals surface area contributed by atoms with Gasteiger partial charge in [0, 0.05) is 17.3 Å². The third kappa shape index (κ3) is 3.88. The molecule has 2 heterocycles. The summed E-state index contributed by atoms with van der Waals surface area (Å²) in [5, 5.41) is 9.93. The topological polar surface area (TPSA) is 72.3 Å². The number of benzene rings is 1. The third-order valence-corrected chi connectivity index (χ3v) is 5.49. The van der Waals surface area contributed by atoms with Gasteiger partial charge in [0.2, 0.25) is 0 Å². The summed E-state index contributed by atoms with van der Waals surface area (Å²) in [7, 11) is 0. The number of hydrogen-bond donors (Lipinski definition) is 1. The number of aryl methyl sites for hydroxylation is 1. The Balaban J connectivity index is 2.03. The molecule has 130 valence electrons. The normalized spacial score (nSPS) is 11.0. The van der Waals surface area contributed by atoms with Gasteiger partial charge in [0.25, 0.3) is 0 Å². The van der Waals surface area contributed by atoms with Crippen LogP contribution in [0.25, 0.3) is 21.0 Å². The molecule has 0 spiro atoms. The standard InChI is InChI=1S/C18H18N2O3S2/c1-10(2)8-23-14-5-4-12(6-13(14)15-7-19-9-24-15)17-20-11(3)16(25-17)18(21)22/h4-7,9-10H,8H2,1-3H3,(H,21,22). The Morgan fingerprint density at radius 1 is 1.36 bits per heavy atom. The third-order valence-electron chi connectivity index (χ3n) is 3.49. The second-order valence-corrected chi connectivity index (χ2v) is 7.91. The average molecular weight is 374 g/mol. The van der Waals surface area contributed by atoms with Gasteiger partial charge in [-0.15, -0.1) is 22.7 Å². The van der Waals surface area contributed by atoms with Crippen LogP contribution < -0.4 is 4.74 Å². The molecular formula is C18H18N2O3S2. The molecule has 0 saturated carbocycles. The number of rotatable bonds is 6. The zero-order valence-electron chi connectivity index (χ0n) is 14.1. The van der Waals surface area contributed by atoms with Crippen molar-refractivity contribution in [1.29, 1.82) is 0 Å². The maximum absolute atomic E-state index is 11.3. The van der Waals surface area contributed by atoms with E-state index in [4.69, 9.17) is 4.74 Å². The lowest BCUT2D eigenvalue weighted by Gasteiger charge is -2.13. The number of carboxylic acid groups (broad SMARTS) is 1. The molecule has 2 aromatic heterocycles. The minimum absolute atomic E-state index is 0.273. The Labute approximate surface area is 154 Å². The molecule has 0 aliphatic heterocycles. The molecule has 0 atom stereocenters. The molecule has 0 radical (unpaired) electrons. The van der Waals surface area contributed by atoms with Crippen molar-refractivity contribution in [3.8, 4) is 26.8 Å². The van der Waals surface area contributed by atoms with Gasteiger partial charge in [-0.2, -0.15) is 0 Å². The summed E-state index contributed by atoms with van der Waals surface area (Å²) in [6.07, 6.45) is 1.81. The molecule has 0 aliphatic carbocycles. The number of carboxylic acids is 1. The number of nitrogens with zero attached hydrogens (tertiary/aromatic N) is 2. The van der Waals surface area contributed by atoms with Crippen molar-refractivity contribution in [2.45, 2.75) is 20.8 Å². The summed E-state index contributed by atoms with van der Waals surface area (Å²) < 4.78 is 5.95. The quantitative estimate of drug-likeness (QED) is 0.659. The van der Waals surface area contributed by atoms with E-state index in [-0.39, 0.29) is 4.88 Å². The molecule has 25 heavy (non-hydrogen) atoms. The van der Waals surface area contributed by atoms with E-state index in [0.29, 0.717) is 23.2 Å². The van der Waals surface area contributed by atoms with Gasteiger partial charge in [-0.1, -0.05) is 13.8 Å². The van der Waals surface area contributed by atoms with Crippen LogP contribution in [-0.4, -0.2) is 27.7 Å². The van der Waals surface area contributed by atoms with Crippen molar-refractivity contribution in [2.24, 2.45) is 5.92 Å². The highest BCUT2D eigenvalue weighted by Crippen LogP contribution is 2.38. The van der Waals surface area contributed by atoms with Gasteiger partial charge in [-0.25, -0.2) is 9.78 Å². The Morgan fingerprint density at radius 2 is 2.16 bits per heavy atom. The Kier molecular flexibility index (Phi) is 5.15. The van der Waals surface area contributed by atoms with E-state index in [2.05, 4.69) is 23.8 Å². The maximum Gasteiger partial charge on any atom is 0.347 e. The first kappa shape index (κ1) is 17.6. The molecule has 3 rings (SSSR count). The number of hydrogen-bond acceptors (Lipinski definition) is 6. The van der Waals surface area contributed by atoms with Crippen LogP contribution >= 0.6 is 22.7 Å². The monoisotopic (exact) mass is 374 g/mol. The van der Waals surface area contributed by atoms with Gasteiger partial charge in [0.1, 0.15) is 15.6 Å². The number of aromatic nitrogens is 2. The highest BCUT2D eigenvalue weighted by Gasteiger charge is 2.17. The number of carbonyl (C=O) groups is 1. The SMILES string of the molecule is Cc1nc(-c2ccc(OCC(C)C)c(-c3cncs3)c2)sc1C(=O)O. The molecular weight excluding hydrogens is 356 g/mol. The lowest BCUT2D eigenvalue weighted by atomic mass is 10.1. The predicted octanol–water partition coefficient (Wildman–Crippen LogP) is 4.98. The first-order valence-electron chi connectivity index (χ1n) is 7.82. The summed E-state index contributed by atoms with van der Waals surface area (Å²) in [5.74, 6) is 0.281. The lowest BCUT2D eigenvalue weighted by Crippen LogP contribution is -2.05. The van der Waals surface area contributed by atoms with Crippen molar-refractivity contribution in [3.05, 3.63) is 40.5 Å². The highest BCUT2D eigenvalue weighted by atomic mass is 32.1. The smallest absolute Gasteiger partial charge is 0.347 e. The zero-order chi connectivity index (χ0) is 18.0. The molecule has 0 unspecified atom stereocenters. The van der Waals surface area contributed by atoms with E-state index in [0.717, 1.165) is 21.8 Å². The van der Waals surface area contributed by atoms with Crippen LogP contribution in [0.1, 0.15) is 29.2 Å². The van der Waals surface area contributed by atoms with Gasteiger partial charge >= 0.3 is 5.97 Å². The number of aromatic carboxylic acids is 1. The maximum atomic E-state index is 11.3. The van der Waals surface area contributed by atoms with E-state index in [9.17, 15) is 9.90 Å². The van der Waals surface area contributed by atoms with Crippen LogP contribution in [0, 0.1) is 12.8 Å². The fourth-order valence-corrected chi connectivity index (χ4v) is 3.85. The highest BCUT2D eigenvalue weighted by molar-refractivity contribution is 7.17. The lowest BCUT2D eigenvalue weighted by molar-refractivity contribution is 0.0701. The fourth-order valence-electron chi connectivity index (χ4n) is 2.30. The van der Waals surface area contributed by atoms with Gasteiger partial charge in [-0.3, -0.25) is 4.98 Å². The second kappa shape index (κ2) is 7.33. The molecule has 3 aromatic rings. The molecule has 0 fully saturated rings. The van der Waals surface area contributed by atoms with Gasteiger partial charge < -0.3 is 9.84 Å². The first-order valence-corrected chi connectivity index (χ1v) is 9.52. The summed E-state index contributed by atoms with van der Waals surface area (Å²) in [6.45, 7) is 6.55. The summed E-state index contributed by atoms with van der Waals surface area (Å²) in [6, 6.07) is 5.83. The van der Waals surface area contributed by atoms with Gasteiger partial charge in [-0.05, 0) is 31.0 Å². The number of thiazole rings is 2. The molecule has 0 aliphatic rings. The van der Waals surface area contributed by atoms with Crippen LogP contribution in [0.4, 0.5) is 0 Å². The summed E-state index contributed by atoms with van der Waals surface area (Å²) in [4.78, 5) is 21.1. The molecule has 1 aromatic carbocycles. The van der Waals surface area contributed by atoms with Crippen molar-refractivity contribution < 1.29 is 14.6 Å². The Hall–Kier alpha value is -2.25. The van der Waals surface area contributed by atoms with Crippen molar-refractivity contribution >= 4 is 28.6 Å². The van der Waals surface area contributed by atoms with Gasteiger partial charge in [0.05, 0.1) is 22.7 Å². The second-order valence-electron chi connectivity index (χ2n) is 6.02. The Morgan fingerprint density at radius 3 is 2.76 bits per heavy atom. The molecule has 0 amide bonds. The molecule has 1 N–H and O–H groups in total. The zero-order valence-corrected chi connectivity index (χ0v) is 15.8. The predicted molar refractivity (Wildman–Crippen MR) is 101 cm³/mol. The van der Waals surface area contributed by atoms with Crippen LogP contribution in [0.5, 0.6) is 5.75 Å². The summed E-state index contributed by atoms with van der Waals surface area (Å²) in [5.41, 5.74) is 4.14. The van der Waals surface area contributed by atoms with E-state index < -0.39 is 5.97 Å². The average Bonchev–Trinajstić information content (AvgIpc) is 3.22. The van der Waals surface area contributed by atoms with Crippen LogP contribution in [0.15, 0.2) is 29.9 Å². The van der Waals surface area contributed by atoms with Crippen LogP contribution in [0.3, 0.4) is 0 Å². The van der Waals surface area contributed by atoms with Crippen molar-refractivity contribution in [3.63, 3.8) is 0 Å². The molecule has 0 bridgehead atoms. The van der Waals surface area contributed by atoms with Crippen LogP contribution in [0.2, 0.25) is 0 Å². The minimum atomic E-state index is -0.944. The van der Waals surface area contributed by atoms with Crippen molar-refractivity contribution in [1.82, 2.24) is 9.97 Å². The number of ether oxygens (including phenoxy) is 1. The van der Waals surface area contributed by atoms with E-state index in [1.165, 1.54) is 22.7 Å². The van der Waals surface area contributed by atoms with E-state index in [1.807, 2.05) is 24.4 Å². The minimum Gasteiger partial charge on any atom is -0.493 e. The molecule has 7 heteroatoms. The molecule has 0 saturated heterocycles. The van der Waals surface area contributed by atoms with Crippen molar-refractivity contribution in [2.75, 3.05) is 6.61 Å². The molecule has 5 nitrogen and oxygen atoms in total. The van der Waals surface area contributed by atoms with E-state index in [1.54, 1.807) is 12.4 Å². The summed E-state index contributed by atoms with van der Waals surface area (Å²) >= 11 is 2.73. The van der Waals surface area contributed by atoms with E-state index >= 15 is 0 Å². The fraction of sp³-hybridized carbons (Fsp3) is 0.278. The van der Waals surface area contributed by atoms with Crippen LogP contribution in [-0.2, 0) is 0 Å². The largest absolute Gasteiger partial charge is 0.493 e. The van der Waals surface area contributed by atoms with Gasteiger partial charge in [0.15, 0.2) is 0 Å².